The van der Waals surface area contributed by atoms with Gasteiger partial charge in [0.1, 0.15) is 23.4 Å². The molecule has 2 aliphatic heterocycles. The summed E-state index contributed by atoms with van der Waals surface area (Å²) in [5, 5.41) is 20.4. The number of unbranched alkanes of at least 4 members (excludes halogenated alkanes) is 1. The number of aliphatic hydroxyl groups is 1. The molecule has 1 fully saturated rings. The van der Waals surface area contributed by atoms with Crippen LogP contribution in [-0.2, 0) is 21.8 Å². The summed E-state index contributed by atoms with van der Waals surface area (Å²) in [4.78, 5) is 28.9. The fraction of sp³-hybridized carbons (Fsp3) is 0.314. The Balaban J connectivity index is 1.42. The van der Waals surface area contributed by atoms with Gasteiger partial charge in [-0.2, -0.15) is 0 Å². The Morgan fingerprint density at radius 3 is 2.70 bits per heavy atom. The van der Waals surface area contributed by atoms with Crippen molar-refractivity contribution in [3.8, 4) is 17.2 Å². The van der Waals surface area contributed by atoms with Crippen LogP contribution in [-0.4, -0.2) is 46.3 Å². The molecule has 244 valence electrons. The number of thioether (sulfide) groups is 1. The molecule has 0 spiro atoms. The maximum Gasteiger partial charge on any atom is 0.301 e. The predicted molar refractivity (Wildman–Crippen MR) is 179 cm³/mol. The molecule has 0 bridgehead atoms. The van der Waals surface area contributed by atoms with E-state index in [1.807, 2.05) is 13.8 Å². The molecule has 1 saturated heterocycles. The zero-order valence-corrected chi connectivity index (χ0v) is 27.8. The summed E-state index contributed by atoms with van der Waals surface area (Å²) in [5.41, 5.74) is 2.24. The number of Topliss-reactive ketones (excluding diaryl/α,β-unsaturated/α-hetero) is 1. The maximum atomic E-state index is 14.2. The van der Waals surface area contributed by atoms with Crippen molar-refractivity contribution in [1.29, 1.82) is 0 Å². The second-order valence-corrected chi connectivity index (χ2v) is 13.4. The van der Waals surface area contributed by atoms with Gasteiger partial charge in [0.15, 0.2) is 15.8 Å². The second-order valence-electron chi connectivity index (χ2n) is 11.2. The zero-order valence-electron chi connectivity index (χ0n) is 26.2. The summed E-state index contributed by atoms with van der Waals surface area (Å²) in [7, 11) is 0. The highest BCUT2D eigenvalue weighted by atomic mass is 32.2. The number of benzene rings is 3. The van der Waals surface area contributed by atoms with Crippen LogP contribution in [0.15, 0.2) is 70.6 Å². The first kappa shape index (κ1) is 32.5. The van der Waals surface area contributed by atoms with Gasteiger partial charge in [0.25, 0.3) is 5.78 Å². The number of rotatable bonds is 12. The number of carbonyl (C=O) groups is 2. The number of hydrogen-bond donors (Lipinski definition) is 1. The predicted octanol–water partition coefficient (Wildman–Crippen LogP) is 7.50. The van der Waals surface area contributed by atoms with Crippen molar-refractivity contribution in [3.63, 3.8) is 0 Å². The monoisotopic (exact) mass is 675 g/mol. The average Bonchev–Trinajstić information content (AvgIpc) is 3.76. The molecule has 2 aliphatic rings. The van der Waals surface area contributed by atoms with Crippen molar-refractivity contribution in [2.45, 2.75) is 62.3 Å². The first-order valence-corrected chi connectivity index (χ1v) is 17.3. The number of ketones is 1. The molecule has 1 N–H and O–H groups in total. The SMILES string of the molecule is CCCCOc1ccc([C@@H]2/C(=C(\O)c3ccc4c(c3)C[C@@H](C)O4)C(=O)C(=O)N2c2nnc(SCc3ccccc3F)s2)cc1OCC. The van der Waals surface area contributed by atoms with Gasteiger partial charge >= 0.3 is 5.91 Å². The van der Waals surface area contributed by atoms with Gasteiger partial charge < -0.3 is 19.3 Å². The number of amides is 1. The molecule has 3 aromatic carbocycles. The summed E-state index contributed by atoms with van der Waals surface area (Å²) < 4.78 is 32.5. The molecule has 0 aliphatic carbocycles. The molecule has 47 heavy (non-hydrogen) atoms. The minimum Gasteiger partial charge on any atom is -0.507 e. The molecule has 3 heterocycles. The van der Waals surface area contributed by atoms with Crippen molar-refractivity contribution in [1.82, 2.24) is 10.2 Å². The fourth-order valence-corrected chi connectivity index (χ4v) is 7.45. The van der Waals surface area contributed by atoms with Crippen LogP contribution in [0.1, 0.15) is 61.9 Å². The van der Waals surface area contributed by atoms with Crippen molar-refractivity contribution in [2.24, 2.45) is 0 Å². The largest absolute Gasteiger partial charge is 0.507 e. The number of halogens is 1. The van der Waals surface area contributed by atoms with Gasteiger partial charge in [-0.1, -0.05) is 60.7 Å². The van der Waals surface area contributed by atoms with Crippen LogP contribution < -0.4 is 19.1 Å². The van der Waals surface area contributed by atoms with Gasteiger partial charge in [-0.3, -0.25) is 14.5 Å². The molecule has 1 aromatic heterocycles. The van der Waals surface area contributed by atoms with Gasteiger partial charge in [0.05, 0.1) is 24.8 Å². The molecule has 9 nitrogen and oxygen atoms in total. The third kappa shape index (κ3) is 6.70. The molecule has 6 rings (SSSR count). The Morgan fingerprint density at radius 1 is 1.09 bits per heavy atom. The third-order valence-electron chi connectivity index (χ3n) is 7.86. The molecular weight excluding hydrogens is 642 g/mol. The van der Waals surface area contributed by atoms with Crippen molar-refractivity contribution in [2.75, 3.05) is 18.1 Å². The van der Waals surface area contributed by atoms with E-state index < -0.39 is 17.7 Å². The Bertz CT molecular complexity index is 1840. The summed E-state index contributed by atoms with van der Waals surface area (Å²) in [6.45, 7) is 6.76. The van der Waals surface area contributed by atoms with E-state index in [0.29, 0.717) is 57.9 Å². The minimum absolute atomic E-state index is 0.00845. The Hall–Kier alpha value is -4.42. The van der Waals surface area contributed by atoms with Gasteiger partial charge in [-0.05, 0) is 73.4 Å². The molecular formula is C35H34FN3O6S2. The number of aromatic nitrogens is 2. The van der Waals surface area contributed by atoms with Crippen LogP contribution in [0.4, 0.5) is 9.52 Å². The summed E-state index contributed by atoms with van der Waals surface area (Å²) >= 11 is 2.39. The van der Waals surface area contributed by atoms with Crippen LogP contribution in [0.25, 0.3) is 5.76 Å². The minimum atomic E-state index is -1.04. The third-order valence-corrected chi connectivity index (χ3v) is 9.97. The number of ether oxygens (including phenoxy) is 3. The number of nitrogens with zero attached hydrogens (tertiary/aromatic N) is 3. The standard InChI is InChI=1S/C35H34FN3O6S2/c1-4-6-15-44-27-14-11-21(18-28(27)43-5-2)30-29(31(40)22-12-13-26-24(17-22)16-20(3)45-26)32(41)33(42)39(30)34-37-38-35(47-34)46-19-23-9-7-8-10-25(23)36/h7-14,17-18,20,30,40H,4-6,15-16,19H2,1-3H3/b31-29+/t20-,30-/m1/s1. The van der Waals surface area contributed by atoms with Crippen LogP contribution in [0.2, 0.25) is 0 Å². The highest BCUT2D eigenvalue weighted by Crippen LogP contribution is 2.46. The van der Waals surface area contributed by atoms with Crippen molar-refractivity contribution < 1.29 is 33.3 Å². The van der Waals surface area contributed by atoms with E-state index in [-0.39, 0.29) is 28.4 Å². The number of anilines is 1. The quantitative estimate of drug-likeness (QED) is 0.0408. The van der Waals surface area contributed by atoms with Crippen molar-refractivity contribution >= 4 is 45.7 Å². The van der Waals surface area contributed by atoms with Gasteiger partial charge in [-0.25, -0.2) is 4.39 Å². The first-order valence-electron chi connectivity index (χ1n) is 15.5. The number of fused-ring (bicyclic) bond motifs is 1. The number of aliphatic hydroxyl groups excluding tert-OH is 1. The van der Waals surface area contributed by atoms with Gasteiger partial charge in [0, 0.05) is 17.7 Å². The molecule has 2 atom stereocenters. The Kier molecular flexibility index (Phi) is 9.79. The topological polar surface area (TPSA) is 111 Å². The highest BCUT2D eigenvalue weighted by molar-refractivity contribution is 8.00. The van der Waals surface area contributed by atoms with E-state index in [2.05, 4.69) is 17.1 Å². The Labute approximate surface area is 280 Å². The lowest BCUT2D eigenvalue weighted by molar-refractivity contribution is -0.132. The van der Waals surface area contributed by atoms with E-state index in [4.69, 9.17) is 14.2 Å². The lowest BCUT2D eigenvalue weighted by Crippen LogP contribution is -2.29. The summed E-state index contributed by atoms with van der Waals surface area (Å²) in [6.07, 6.45) is 2.48. The van der Waals surface area contributed by atoms with E-state index >= 15 is 0 Å². The lowest BCUT2D eigenvalue weighted by Gasteiger charge is -2.23. The zero-order chi connectivity index (χ0) is 33.1. The number of hydrogen-bond acceptors (Lipinski definition) is 10. The van der Waals surface area contributed by atoms with Crippen molar-refractivity contribution in [3.05, 3.63) is 94.3 Å². The number of carbonyl (C=O) groups excluding carboxylic acids is 2. The van der Waals surface area contributed by atoms with E-state index in [1.165, 1.54) is 22.7 Å². The second kappa shape index (κ2) is 14.1. The van der Waals surface area contributed by atoms with E-state index in [1.54, 1.807) is 54.6 Å². The molecule has 12 heteroatoms. The van der Waals surface area contributed by atoms with Crippen LogP contribution in [0, 0.1) is 5.82 Å². The summed E-state index contributed by atoms with van der Waals surface area (Å²) in [5.74, 6) is -0.312. The normalized spacial score (nSPS) is 18.3. The highest BCUT2D eigenvalue weighted by Gasteiger charge is 2.48. The maximum absolute atomic E-state index is 14.2. The van der Waals surface area contributed by atoms with Crippen LogP contribution >= 0.6 is 23.1 Å². The average molecular weight is 676 g/mol. The summed E-state index contributed by atoms with van der Waals surface area (Å²) in [6, 6.07) is 15.9. The molecule has 0 unspecified atom stereocenters. The van der Waals surface area contributed by atoms with E-state index in [0.717, 1.165) is 35.5 Å². The lowest BCUT2D eigenvalue weighted by atomic mass is 9.94. The molecule has 1 amide bonds. The molecule has 4 aromatic rings. The van der Waals surface area contributed by atoms with Gasteiger partial charge in [-0.15, -0.1) is 10.2 Å². The van der Waals surface area contributed by atoms with Crippen LogP contribution in [0.5, 0.6) is 17.2 Å². The first-order chi connectivity index (χ1) is 22.8. The molecule has 0 radical (unpaired) electrons. The smallest absolute Gasteiger partial charge is 0.301 e. The fourth-order valence-electron chi connectivity index (χ4n) is 5.59. The molecule has 0 saturated carbocycles. The van der Waals surface area contributed by atoms with Crippen LogP contribution in [0.3, 0.4) is 0 Å². The Morgan fingerprint density at radius 2 is 1.91 bits per heavy atom. The van der Waals surface area contributed by atoms with E-state index in [9.17, 15) is 19.1 Å². The van der Waals surface area contributed by atoms with Gasteiger partial charge in [0.2, 0.25) is 5.13 Å².